The molecule has 2 aromatic carbocycles. The van der Waals surface area contributed by atoms with E-state index in [-0.39, 0.29) is 11.2 Å². The molecule has 1 unspecified atom stereocenters. The highest BCUT2D eigenvalue weighted by Crippen LogP contribution is 2.44. The number of amides is 1. The molecule has 0 fully saturated rings. The highest BCUT2D eigenvalue weighted by atomic mass is 35.5. The number of aromatic nitrogens is 3. The minimum Gasteiger partial charge on any atom is -0.310 e. The first-order valence-corrected chi connectivity index (χ1v) is 11.0. The zero-order valence-corrected chi connectivity index (χ0v) is 17.2. The van der Waals surface area contributed by atoms with E-state index < -0.39 is 0 Å². The largest absolute Gasteiger partial charge is 0.310 e. The molecule has 5 rings (SSSR count). The van der Waals surface area contributed by atoms with E-state index in [4.69, 9.17) is 21.7 Å². The molecule has 4 aromatic rings. The van der Waals surface area contributed by atoms with Gasteiger partial charge in [-0.05, 0) is 36.8 Å². The van der Waals surface area contributed by atoms with Crippen LogP contribution in [0.1, 0.15) is 22.1 Å². The predicted molar refractivity (Wildman–Crippen MR) is 116 cm³/mol. The maximum Gasteiger partial charge on any atom is 0.235 e. The van der Waals surface area contributed by atoms with Crippen molar-refractivity contribution in [3.8, 4) is 5.13 Å². The first-order chi connectivity index (χ1) is 13.6. The fourth-order valence-electron chi connectivity index (χ4n) is 3.37. The monoisotopic (exact) mass is 426 g/mol. The number of nitrogens with zero attached hydrogens (tertiary/aromatic N) is 3. The summed E-state index contributed by atoms with van der Waals surface area (Å²) in [4.78, 5) is 17.1. The summed E-state index contributed by atoms with van der Waals surface area (Å²) in [7, 11) is 0. The van der Waals surface area contributed by atoms with Crippen LogP contribution in [0.5, 0.6) is 0 Å². The van der Waals surface area contributed by atoms with Crippen molar-refractivity contribution in [3.05, 3.63) is 70.4 Å². The third-order valence-corrected chi connectivity index (χ3v) is 7.18. The highest BCUT2D eigenvalue weighted by Gasteiger charge is 2.31. The number of benzene rings is 2. The van der Waals surface area contributed by atoms with Gasteiger partial charge in [-0.2, -0.15) is 9.78 Å². The Morgan fingerprint density at radius 3 is 2.75 bits per heavy atom. The average Bonchev–Trinajstić information content (AvgIpc) is 3.19. The molecule has 2 aromatic heterocycles. The number of hydrogen-bond donors (Lipinski definition) is 1. The van der Waals surface area contributed by atoms with Gasteiger partial charge >= 0.3 is 0 Å². The van der Waals surface area contributed by atoms with Crippen molar-refractivity contribution in [1.82, 2.24) is 14.8 Å². The van der Waals surface area contributed by atoms with Crippen LogP contribution in [0, 0.1) is 6.92 Å². The summed E-state index contributed by atoms with van der Waals surface area (Å²) < 4.78 is 2.85. The number of hydrogen-bond acceptors (Lipinski definition) is 5. The van der Waals surface area contributed by atoms with Crippen LogP contribution in [0.4, 0.5) is 5.82 Å². The minimum atomic E-state index is -0.0371. The van der Waals surface area contributed by atoms with Crippen LogP contribution in [0.25, 0.3) is 15.3 Å². The SMILES string of the molecule is Cc1nn(-c2nc3ccccc3s2)c2c1C(c1ccc(Cl)cc1)SCC(=O)N2. The molecule has 1 atom stereocenters. The van der Waals surface area contributed by atoms with Gasteiger partial charge in [0.15, 0.2) is 0 Å². The number of thiazole rings is 1. The summed E-state index contributed by atoms with van der Waals surface area (Å²) in [5.41, 5.74) is 3.91. The lowest BCUT2D eigenvalue weighted by atomic mass is 10.0. The van der Waals surface area contributed by atoms with Crippen LogP contribution in [0.3, 0.4) is 0 Å². The standard InChI is InChI=1S/C20H15ClN4OS2/c1-11-17-18(12-6-8-13(21)9-7-12)27-10-16(26)23-19(17)25(24-11)20-22-14-4-2-3-5-15(14)28-20/h2-9,18H,10H2,1H3,(H,23,26). The lowest BCUT2D eigenvalue weighted by Gasteiger charge is -2.15. The number of rotatable bonds is 2. The van der Waals surface area contributed by atoms with Crippen LogP contribution in [-0.4, -0.2) is 26.4 Å². The van der Waals surface area contributed by atoms with E-state index in [1.54, 1.807) is 27.8 Å². The van der Waals surface area contributed by atoms with Gasteiger partial charge in [-0.1, -0.05) is 47.2 Å². The molecule has 1 N–H and O–H groups in total. The van der Waals surface area contributed by atoms with E-state index in [9.17, 15) is 4.79 Å². The van der Waals surface area contributed by atoms with E-state index >= 15 is 0 Å². The van der Waals surface area contributed by atoms with Crippen molar-refractivity contribution in [3.63, 3.8) is 0 Å². The Morgan fingerprint density at radius 2 is 1.96 bits per heavy atom. The fourth-order valence-corrected chi connectivity index (χ4v) is 5.61. The van der Waals surface area contributed by atoms with Gasteiger partial charge < -0.3 is 5.32 Å². The number of thioether (sulfide) groups is 1. The van der Waals surface area contributed by atoms with Gasteiger partial charge in [-0.15, -0.1) is 11.8 Å². The van der Waals surface area contributed by atoms with Gasteiger partial charge in [0.25, 0.3) is 0 Å². The first-order valence-electron chi connectivity index (χ1n) is 8.72. The second-order valence-corrected chi connectivity index (χ2v) is 9.05. The third-order valence-electron chi connectivity index (χ3n) is 4.64. The number of anilines is 1. The van der Waals surface area contributed by atoms with Crippen molar-refractivity contribution in [2.45, 2.75) is 12.2 Å². The molecule has 0 bridgehead atoms. The van der Waals surface area contributed by atoms with E-state index in [0.29, 0.717) is 16.6 Å². The number of para-hydroxylation sites is 1. The lowest BCUT2D eigenvalue weighted by molar-refractivity contribution is -0.113. The Bertz CT molecular complexity index is 1170. The van der Waals surface area contributed by atoms with Crippen LogP contribution >= 0.6 is 34.7 Å². The van der Waals surface area contributed by atoms with Crippen molar-refractivity contribution >= 4 is 56.6 Å². The van der Waals surface area contributed by atoms with Gasteiger partial charge in [0.05, 0.1) is 26.9 Å². The molecule has 5 nitrogen and oxygen atoms in total. The van der Waals surface area contributed by atoms with E-state index in [0.717, 1.165) is 32.2 Å². The average molecular weight is 427 g/mol. The van der Waals surface area contributed by atoms with Crippen molar-refractivity contribution in [2.75, 3.05) is 11.1 Å². The summed E-state index contributed by atoms with van der Waals surface area (Å²) in [5, 5.41) is 9.22. The van der Waals surface area contributed by atoms with Crippen LogP contribution < -0.4 is 5.32 Å². The summed E-state index contributed by atoms with van der Waals surface area (Å²) in [5.74, 6) is 1.04. The zero-order valence-electron chi connectivity index (χ0n) is 14.8. The van der Waals surface area contributed by atoms with E-state index in [1.165, 1.54) is 0 Å². The minimum absolute atomic E-state index is 0.00524. The molecule has 0 radical (unpaired) electrons. The molecule has 28 heavy (non-hydrogen) atoms. The van der Waals surface area contributed by atoms with Crippen molar-refractivity contribution < 1.29 is 4.79 Å². The van der Waals surface area contributed by atoms with Crippen LogP contribution in [0.2, 0.25) is 5.02 Å². The topological polar surface area (TPSA) is 59.8 Å². The molecular weight excluding hydrogens is 412 g/mol. The lowest BCUT2D eigenvalue weighted by Crippen LogP contribution is -2.15. The molecule has 1 amide bonds. The fraction of sp³-hybridized carbons (Fsp3) is 0.150. The Balaban J connectivity index is 1.69. The number of aryl methyl sites for hydroxylation is 1. The second kappa shape index (κ2) is 6.92. The van der Waals surface area contributed by atoms with Gasteiger partial charge in [0.1, 0.15) is 5.82 Å². The number of nitrogens with one attached hydrogen (secondary N) is 1. The smallest absolute Gasteiger partial charge is 0.235 e. The Kier molecular flexibility index (Phi) is 4.38. The van der Waals surface area contributed by atoms with Gasteiger partial charge in [0, 0.05) is 10.6 Å². The van der Waals surface area contributed by atoms with E-state index in [1.807, 2.05) is 55.5 Å². The Labute approximate surface area is 174 Å². The molecule has 0 saturated carbocycles. The molecule has 0 saturated heterocycles. The van der Waals surface area contributed by atoms with Gasteiger partial charge in [0.2, 0.25) is 11.0 Å². The zero-order chi connectivity index (χ0) is 19.3. The Morgan fingerprint density at radius 1 is 1.18 bits per heavy atom. The number of fused-ring (bicyclic) bond motifs is 2. The molecule has 0 spiro atoms. The van der Waals surface area contributed by atoms with Crippen molar-refractivity contribution in [2.24, 2.45) is 0 Å². The second-order valence-electron chi connectivity index (χ2n) is 6.51. The van der Waals surface area contributed by atoms with Gasteiger partial charge in [-0.3, -0.25) is 4.79 Å². The summed E-state index contributed by atoms with van der Waals surface area (Å²) in [6.45, 7) is 1.98. The summed E-state index contributed by atoms with van der Waals surface area (Å²) in [6, 6.07) is 15.8. The van der Waals surface area contributed by atoms with Gasteiger partial charge in [-0.25, -0.2) is 4.98 Å². The number of carbonyl (C=O) groups excluding carboxylic acids is 1. The van der Waals surface area contributed by atoms with E-state index in [2.05, 4.69) is 5.32 Å². The van der Waals surface area contributed by atoms with Crippen molar-refractivity contribution in [1.29, 1.82) is 0 Å². The normalized spacial score (nSPS) is 16.6. The van der Waals surface area contributed by atoms with Crippen LogP contribution in [0.15, 0.2) is 48.5 Å². The number of carbonyl (C=O) groups is 1. The Hall–Kier alpha value is -2.35. The quantitative estimate of drug-likeness (QED) is 0.477. The highest BCUT2D eigenvalue weighted by molar-refractivity contribution is 8.00. The molecule has 0 aliphatic carbocycles. The third kappa shape index (κ3) is 2.99. The molecule has 8 heteroatoms. The molecule has 1 aliphatic rings. The molecule has 3 heterocycles. The molecule has 140 valence electrons. The maximum atomic E-state index is 12.4. The molecular formula is C20H15ClN4OS2. The number of halogens is 1. The summed E-state index contributed by atoms with van der Waals surface area (Å²) >= 11 is 9.22. The predicted octanol–water partition coefficient (Wildman–Crippen LogP) is 5.22. The van der Waals surface area contributed by atoms with Crippen LogP contribution in [-0.2, 0) is 4.79 Å². The molecule has 1 aliphatic heterocycles. The summed E-state index contributed by atoms with van der Waals surface area (Å²) in [6.07, 6.45) is 0. The maximum absolute atomic E-state index is 12.4. The first kappa shape index (κ1) is 17.7.